The number of carbonyl (C=O) groups is 10. The number of aromatic hydroxyl groups is 1. The van der Waals surface area contributed by atoms with E-state index < -0.39 is 101 Å². The monoisotopic (exact) mass is 917 g/mol. The van der Waals surface area contributed by atoms with Crippen LogP contribution in [0.5, 0.6) is 5.75 Å². The van der Waals surface area contributed by atoms with E-state index in [-0.39, 0.29) is 93.9 Å². The van der Waals surface area contributed by atoms with Crippen molar-refractivity contribution in [3.8, 4) is 5.75 Å². The summed E-state index contributed by atoms with van der Waals surface area (Å²) in [4.78, 5) is 132. The molecule has 21 nitrogen and oxygen atoms in total. The summed E-state index contributed by atoms with van der Waals surface area (Å²) >= 11 is 0.940. The molecule has 1 aliphatic carbocycles. The zero-order valence-corrected chi connectivity index (χ0v) is 37.2. The Morgan fingerprint density at radius 3 is 2.05 bits per heavy atom. The van der Waals surface area contributed by atoms with Gasteiger partial charge in [0.25, 0.3) is 0 Å². The number of nitrogens with two attached hydrogens (primary N) is 2. The Morgan fingerprint density at radius 1 is 0.766 bits per heavy atom. The van der Waals surface area contributed by atoms with E-state index in [1.165, 1.54) is 12.1 Å². The summed E-state index contributed by atoms with van der Waals surface area (Å²) in [5, 5.41) is 37.8. The summed E-state index contributed by atoms with van der Waals surface area (Å²) in [7, 11) is 0. The van der Waals surface area contributed by atoms with Gasteiger partial charge in [-0.1, -0.05) is 45.2 Å². The molecule has 354 valence electrons. The van der Waals surface area contributed by atoms with E-state index in [0.717, 1.165) is 18.2 Å². The summed E-state index contributed by atoms with van der Waals surface area (Å²) in [6, 6.07) is -0.664. The van der Waals surface area contributed by atoms with Crippen LogP contribution < -0.4 is 48.7 Å². The predicted octanol–water partition coefficient (Wildman–Crippen LogP) is -1.13. The van der Waals surface area contributed by atoms with Gasteiger partial charge in [-0.3, -0.25) is 47.9 Å². The molecule has 1 aromatic rings. The molecule has 0 bridgehead atoms. The summed E-state index contributed by atoms with van der Waals surface area (Å²) in [5.74, 6) is -8.58. The van der Waals surface area contributed by atoms with Crippen LogP contribution in [0.15, 0.2) is 24.3 Å². The molecule has 0 aromatic heterocycles. The number of amides is 9. The number of benzene rings is 1. The highest BCUT2D eigenvalue weighted by Crippen LogP contribution is 2.29. The fourth-order valence-corrected chi connectivity index (χ4v) is 8.23. The fraction of sp³-hybridized carbons (Fsp3) is 0.619. The van der Waals surface area contributed by atoms with Gasteiger partial charge in [0.15, 0.2) is 0 Å². The van der Waals surface area contributed by atoms with Crippen molar-refractivity contribution < 1.29 is 58.2 Å². The molecule has 2 aliphatic rings. The first-order valence-electron chi connectivity index (χ1n) is 21.5. The molecule has 1 aliphatic heterocycles. The fourth-order valence-electron chi connectivity index (χ4n) is 7.36. The second-order valence-corrected chi connectivity index (χ2v) is 17.7. The standard InChI is InChI=1S/C42H63N9O12S/c1-24(2)19-28-39(61)49-29(20-25-12-14-26(52)15-13-25)40(62)51-42(16-5-3-6-17-42)41(63)50-30(21-32(43)53)37(59)45-18-7-4-10-33(54)47-31(36(44)58)22-64-23-34(55)46-27(38(60)48-28)9-8-11-35(56)57/h12-15,24,27-31,52H,3-11,16-23H2,1-2H3,(H2,43,53)(H2,44,58)(H,45,59)(H,46,55)(H,47,54)(H,48,60)(H,49,61)(H,50,63)(H,51,62)(H,56,57)/t27-,28-,29-,30-,31-/m0/s1. The number of phenolic OH excluding ortho intramolecular Hbond substituents is 1. The number of thioether (sulfide) groups is 1. The molecule has 0 radical (unpaired) electrons. The topological polar surface area (TPSA) is 347 Å². The van der Waals surface area contributed by atoms with E-state index in [2.05, 4.69) is 37.2 Å². The Bertz CT molecular complexity index is 1840. The van der Waals surface area contributed by atoms with Crippen molar-refractivity contribution in [2.75, 3.05) is 18.1 Å². The van der Waals surface area contributed by atoms with E-state index in [1.54, 1.807) is 26.0 Å². The Labute approximate surface area is 375 Å². The highest BCUT2D eigenvalue weighted by Gasteiger charge is 2.44. The van der Waals surface area contributed by atoms with Crippen molar-refractivity contribution >= 4 is 70.9 Å². The van der Waals surface area contributed by atoms with Crippen molar-refractivity contribution in [3.05, 3.63) is 29.8 Å². The van der Waals surface area contributed by atoms with Crippen molar-refractivity contribution in [1.82, 2.24) is 37.2 Å². The van der Waals surface area contributed by atoms with Crippen LogP contribution in [0.25, 0.3) is 0 Å². The predicted molar refractivity (Wildman–Crippen MR) is 234 cm³/mol. The molecule has 1 spiro atoms. The molecule has 9 amide bonds. The lowest BCUT2D eigenvalue weighted by Gasteiger charge is -2.38. The van der Waals surface area contributed by atoms with Crippen LogP contribution in [-0.2, 0) is 54.4 Å². The largest absolute Gasteiger partial charge is 0.508 e. The lowest BCUT2D eigenvalue weighted by Crippen LogP contribution is -2.66. The summed E-state index contributed by atoms with van der Waals surface area (Å²) < 4.78 is 0. The van der Waals surface area contributed by atoms with Gasteiger partial charge in [-0.05, 0) is 68.6 Å². The van der Waals surface area contributed by atoms with Crippen LogP contribution in [0.3, 0.4) is 0 Å². The molecular weight excluding hydrogens is 855 g/mol. The third kappa shape index (κ3) is 18.0. The molecule has 0 unspecified atom stereocenters. The molecular formula is C42H63N9O12S. The Hall–Kier alpha value is -5.93. The zero-order valence-electron chi connectivity index (χ0n) is 36.3. The minimum atomic E-state index is -1.59. The van der Waals surface area contributed by atoms with Gasteiger partial charge < -0.3 is 58.9 Å². The number of aliphatic carboxylic acids is 1. The van der Waals surface area contributed by atoms with Gasteiger partial charge >= 0.3 is 5.97 Å². The molecule has 22 heteroatoms. The van der Waals surface area contributed by atoms with Gasteiger partial charge in [0.2, 0.25) is 53.2 Å². The summed E-state index contributed by atoms with van der Waals surface area (Å²) in [5.41, 5.74) is 9.91. The lowest BCUT2D eigenvalue weighted by molar-refractivity contribution is -0.139. The number of hydrogen-bond acceptors (Lipinski definition) is 12. The Morgan fingerprint density at radius 2 is 1.42 bits per heavy atom. The van der Waals surface area contributed by atoms with E-state index in [1.807, 2.05) is 0 Å². The Balaban J connectivity index is 2.04. The molecule has 1 heterocycles. The van der Waals surface area contributed by atoms with Crippen LogP contribution in [-0.4, -0.2) is 123 Å². The van der Waals surface area contributed by atoms with E-state index in [4.69, 9.17) is 11.5 Å². The molecule has 1 saturated heterocycles. The first-order valence-corrected chi connectivity index (χ1v) is 22.7. The summed E-state index contributed by atoms with van der Waals surface area (Å²) in [6.45, 7) is 3.62. The molecule has 5 atom stereocenters. The number of nitrogens with one attached hydrogen (secondary N) is 7. The molecule has 2 fully saturated rings. The van der Waals surface area contributed by atoms with Crippen LogP contribution in [0.4, 0.5) is 0 Å². The van der Waals surface area contributed by atoms with Crippen LogP contribution in [0.2, 0.25) is 0 Å². The van der Waals surface area contributed by atoms with Crippen molar-refractivity contribution in [3.63, 3.8) is 0 Å². The van der Waals surface area contributed by atoms with Gasteiger partial charge in [-0.2, -0.15) is 0 Å². The number of carboxylic acids is 1. The minimum absolute atomic E-state index is 0.0185. The quantitative estimate of drug-likeness (QED) is 0.125. The van der Waals surface area contributed by atoms with Crippen LogP contribution >= 0.6 is 11.8 Å². The van der Waals surface area contributed by atoms with E-state index >= 15 is 0 Å². The molecule has 3 rings (SSSR count). The minimum Gasteiger partial charge on any atom is -0.508 e. The van der Waals surface area contributed by atoms with Gasteiger partial charge in [0.05, 0.1) is 12.2 Å². The summed E-state index contributed by atoms with van der Waals surface area (Å²) in [6.07, 6.45) is 1.40. The average molecular weight is 918 g/mol. The first-order chi connectivity index (χ1) is 30.3. The zero-order chi connectivity index (χ0) is 47.4. The third-order valence-corrected chi connectivity index (χ3v) is 11.8. The van der Waals surface area contributed by atoms with Gasteiger partial charge in [-0.25, -0.2) is 0 Å². The van der Waals surface area contributed by atoms with Gasteiger partial charge in [-0.15, -0.1) is 11.8 Å². The first kappa shape index (κ1) is 52.4. The Kier molecular flexibility index (Phi) is 21.3. The number of rotatable bonds is 11. The molecule has 1 aromatic carbocycles. The maximum absolute atomic E-state index is 14.4. The maximum Gasteiger partial charge on any atom is 0.303 e. The number of primary amides is 2. The van der Waals surface area contributed by atoms with Gasteiger partial charge in [0, 0.05) is 31.6 Å². The third-order valence-electron chi connectivity index (χ3n) is 10.7. The number of carboxylic acid groups (broad SMARTS) is 1. The maximum atomic E-state index is 14.4. The average Bonchev–Trinajstić information content (AvgIpc) is 3.22. The van der Waals surface area contributed by atoms with Crippen LogP contribution in [0, 0.1) is 5.92 Å². The van der Waals surface area contributed by atoms with Crippen molar-refractivity contribution in [1.29, 1.82) is 0 Å². The SMILES string of the molecule is CC(C)C[C@@H]1NC(=O)[C@H](CCCC(=O)O)NC(=O)CSC[C@@H](C(N)=O)NC(=O)CCCCNC(=O)[C@H](CC(N)=O)NC(=O)C2(CCCCC2)NC(=O)[C@H](Cc2ccc(O)cc2)NC1=O. The number of carbonyl (C=O) groups excluding carboxylic acids is 9. The number of phenols is 1. The molecule has 1 saturated carbocycles. The second-order valence-electron chi connectivity index (χ2n) is 16.6. The second kappa shape index (κ2) is 26.0. The van der Waals surface area contributed by atoms with E-state index in [9.17, 15) is 58.2 Å². The van der Waals surface area contributed by atoms with E-state index in [0.29, 0.717) is 18.4 Å². The number of hydrogen-bond donors (Lipinski definition) is 11. The highest BCUT2D eigenvalue weighted by molar-refractivity contribution is 8.00. The molecule has 13 N–H and O–H groups in total. The highest BCUT2D eigenvalue weighted by atomic mass is 32.2. The van der Waals surface area contributed by atoms with Crippen LogP contribution in [0.1, 0.15) is 103 Å². The van der Waals surface area contributed by atoms with Crippen molar-refractivity contribution in [2.24, 2.45) is 17.4 Å². The molecule has 64 heavy (non-hydrogen) atoms. The van der Waals surface area contributed by atoms with Crippen molar-refractivity contribution in [2.45, 2.75) is 139 Å². The van der Waals surface area contributed by atoms with Gasteiger partial charge in [0.1, 0.15) is 41.5 Å². The lowest BCUT2D eigenvalue weighted by atomic mass is 9.80. The normalized spacial score (nSPS) is 24.1. The smallest absolute Gasteiger partial charge is 0.303 e.